The summed E-state index contributed by atoms with van der Waals surface area (Å²) in [6.07, 6.45) is 0. The summed E-state index contributed by atoms with van der Waals surface area (Å²) in [6, 6.07) is 27.1. The zero-order valence-corrected chi connectivity index (χ0v) is 18.1. The third-order valence-corrected chi connectivity index (χ3v) is 7.61. The van der Waals surface area contributed by atoms with Crippen molar-refractivity contribution in [2.45, 2.75) is 25.8 Å². The molecule has 27 heavy (non-hydrogen) atoms. The first-order valence-corrected chi connectivity index (χ1v) is 13.3. The van der Waals surface area contributed by atoms with Crippen molar-refractivity contribution >= 4 is 47.3 Å². The fourth-order valence-electron chi connectivity index (χ4n) is 3.90. The van der Waals surface area contributed by atoms with Gasteiger partial charge in [0.25, 0.3) is 0 Å². The zero-order chi connectivity index (χ0) is 18.8. The van der Waals surface area contributed by atoms with Gasteiger partial charge in [0.15, 0.2) is 0 Å². The Labute approximate surface area is 168 Å². The van der Waals surface area contributed by atoms with E-state index in [1.807, 2.05) is 11.8 Å². The molecule has 1 radical (unpaired) electrons. The second-order valence-electron chi connectivity index (χ2n) is 7.17. The summed E-state index contributed by atoms with van der Waals surface area (Å²) < 4.78 is 0. The lowest BCUT2D eigenvalue weighted by atomic mass is 9.90. The van der Waals surface area contributed by atoms with Crippen molar-refractivity contribution in [3.63, 3.8) is 0 Å². The van der Waals surface area contributed by atoms with Crippen LogP contribution in [0.15, 0.2) is 72.8 Å². The molecule has 0 bridgehead atoms. The molecule has 0 fully saturated rings. The second kappa shape index (κ2) is 7.91. The lowest BCUT2D eigenvalue weighted by molar-refractivity contribution is 1.41. The summed E-state index contributed by atoms with van der Waals surface area (Å²) >= 11 is 2.01. The molecule has 0 unspecified atom stereocenters. The Morgan fingerprint density at radius 3 is 1.93 bits per heavy atom. The van der Waals surface area contributed by atoms with E-state index in [1.165, 1.54) is 43.4 Å². The number of rotatable bonds is 5. The Morgan fingerprint density at radius 2 is 1.30 bits per heavy atom. The van der Waals surface area contributed by atoms with Crippen LogP contribution in [0.1, 0.15) is 12.5 Å². The fraction of sp³-hybridized carbons (Fsp3) is 0.200. The van der Waals surface area contributed by atoms with E-state index in [0.29, 0.717) is 0 Å². The van der Waals surface area contributed by atoms with Crippen LogP contribution in [0, 0.1) is 0 Å². The topological polar surface area (TPSA) is 0 Å². The highest BCUT2D eigenvalue weighted by molar-refractivity contribution is 7.98. The third-order valence-electron chi connectivity index (χ3n) is 5.19. The van der Waals surface area contributed by atoms with E-state index in [4.69, 9.17) is 0 Å². The lowest BCUT2D eigenvalue weighted by Crippen LogP contribution is -2.25. The van der Waals surface area contributed by atoms with Gasteiger partial charge < -0.3 is 0 Å². The van der Waals surface area contributed by atoms with E-state index >= 15 is 0 Å². The molecule has 0 atom stereocenters. The van der Waals surface area contributed by atoms with Crippen molar-refractivity contribution in [2.75, 3.05) is 5.75 Å². The van der Waals surface area contributed by atoms with Crippen LogP contribution in [0.5, 0.6) is 0 Å². The van der Waals surface area contributed by atoms with Gasteiger partial charge in [-0.1, -0.05) is 98.0 Å². The van der Waals surface area contributed by atoms with Gasteiger partial charge in [0, 0.05) is 5.75 Å². The van der Waals surface area contributed by atoms with Gasteiger partial charge in [0.1, 0.15) is 0 Å². The first-order valence-electron chi connectivity index (χ1n) is 9.61. The molecule has 0 aromatic heterocycles. The molecule has 4 rings (SSSR count). The van der Waals surface area contributed by atoms with Crippen LogP contribution in [0.4, 0.5) is 0 Å². The van der Waals surface area contributed by atoms with E-state index in [9.17, 15) is 0 Å². The summed E-state index contributed by atoms with van der Waals surface area (Å²) in [6.45, 7) is 7.06. The SMILES string of the molecule is CCSCc1ccc2ccccc2c1-c1c([Si](C)C)ccc2ccccc12. The van der Waals surface area contributed by atoms with Crippen LogP contribution >= 0.6 is 11.8 Å². The molecule has 0 amide bonds. The highest BCUT2D eigenvalue weighted by atomic mass is 32.2. The van der Waals surface area contributed by atoms with Crippen molar-refractivity contribution in [3.8, 4) is 11.1 Å². The maximum absolute atomic E-state index is 2.41. The normalized spacial score (nSPS) is 11.6. The average Bonchev–Trinajstić information content (AvgIpc) is 2.71. The van der Waals surface area contributed by atoms with E-state index in [0.717, 1.165) is 11.5 Å². The van der Waals surface area contributed by atoms with Gasteiger partial charge in [-0.2, -0.15) is 11.8 Å². The van der Waals surface area contributed by atoms with Gasteiger partial charge >= 0.3 is 0 Å². The van der Waals surface area contributed by atoms with Crippen LogP contribution in [-0.2, 0) is 5.75 Å². The molecule has 0 spiro atoms. The summed E-state index contributed by atoms with van der Waals surface area (Å²) in [7, 11) is -0.591. The van der Waals surface area contributed by atoms with Gasteiger partial charge in [-0.05, 0) is 44.0 Å². The average molecular weight is 386 g/mol. The third kappa shape index (κ3) is 3.44. The zero-order valence-electron chi connectivity index (χ0n) is 16.3. The maximum atomic E-state index is 2.41. The van der Waals surface area contributed by atoms with Gasteiger partial charge in [0.2, 0.25) is 0 Å². The molecule has 0 aliphatic rings. The fourth-order valence-corrected chi connectivity index (χ4v) is 5.74. The molecule has 0 heterocycles. The number of benzene rings is 4. The Bertz CT molecular complexity index is 1100. The van der Waals surface area contributed by atoms with Gasteiger partial charge in [-0.3, -0.25) is 0 Å². The molecule has 135 valence electrons. The monoisotopic (exact) mass is 385 g/mol. The Hall–Kier alpha value is -2.03. The van der Waals surface area contributed by atoms with Crippen molar-refractivity contribution in [3.05, 3.63) is 78.4 Å². The van der Waals surface area contributed by atoms with Crippen LogP contribution in [-0.4, -0.2) is 14.5 Å². The maximum Gasteiger partial charge on any atom is 0.0800 e. The van der Waals surface area contributed by atoms with E-state index in [2.05, 4.69) is 92.8 Å². The molecule has 0 saturated carbocycles. The molecule has 2 heteroatoms. The number of hydrogen-bond acceptors (Lipinski definition) is 1. The Morgan fingerprint density at radius 1 is 0.704 bits per heavy atom. The number of thioether (sulfide) groups is 1. The molecular weight excluding hydrogens is 360 g/mol. The summed E-state index contributed by atoms with van der Waals surface area (Å²) in [5.41, 5.74) is 4.38. The smallest absolute Gasteiger partial charge is 0.0800 e. The summed E-state index contributed by atoms with van der Waals surface area (Å²) in [4.78, 5) is 0. The van der Waals surface area contributed by atoms with Crippen LogP contribution < -0.4 is 5.19 Å². The molecule has 4 aromatic carbocycles. The first-order chi connectivity index (χ1) is 13.2. The highest BCUT2D eigenvalue weighted by Crippen LogP contribution is 2.37. The molecule has 0 saturated heterocycles. The highest BCUT2D eigenvalue weighted by Gasteiger charge is 2.18. The predicted octanol–water partition coefficient (Wildman–Crippen LogP) is 6.87. The molecule has 0 nitrogen and oxygen atoms in total. The van der Waals surface area contributed by atoms with Crippen molar-refractivity contribution < 1.29 is 0 Å². The van der Waals surface area contributed by atoms with Gasteiger partial charge in [-0.25, -0.2) is 0 Å². The summed E-state index contributed by atoms with van der Waals surface area (Å²) in [5.74, 6) is 2.21. The Balaban J connectivity index is 2.14. The van der Waals surface area contributed by atoms with E-state index in [-0.39, 0.29) is 0 Å². The molecular formula is C25H25SSi. The van der Waals surface area contributed by atoms with Crippen molar-refractivity contribution in [2.24, 2.45) is 0 Å². The van der Waals surface area contributed by atoms with Crippen LogP contribution in [0.25, 0.3) is 32.7 Å². The largest absolute Gasteiger partial charge is 0.157 e. The minimum absolute atomic E-state index is 0.591. The predicted molar refractivity (Wildman–Crippen MR) is 126 cm³/mol. The van der Waals surface area contributed by atoms with Crippen LogP contribution in [0.2, 0.25) is 13.1 Å². The van der Waals surface area contributed by atoms with Gasteiger partial charge in [-0.15, -0.1) is 0 Å². The van der Waals surface area contributed by atoms with Crippen molar-refractivity contribution in [1.29, 1.82) is 0 Å². The van der Waals surface area contributed by atoms with Gasteiger partial charge in [0.05, 0.1) is 8.80 Å². The number of hydrogen-bond donors (Lipinski definition) is 0. The summed E-state index contributed by atoms with van der Waals surface area (Å²) in [5, 5.41) is 6.98. The van der Waals surface area contributed by atoms with E-state index in [1.54, 1.807) is 0 Å². The molecule has 0 aliphatic carbocycles. The standard InChI is InChI=1S/C25H25SSi/c1-4-26-17-20-14-13-18-9-5-7-11-21(18)24(20)25-22-12-8-6-10-19(22)15-16-23(25)27(2)3/h5-16H,4,17H2,1-3H3. The Kier molecular flexibility index (Phi) is 5.37. The second-order valence-corrected chi connectivity index (χ2v) is 11.0. The van der Waals surface area contributed by atoms with Crippen molar-refractivity contribution in [1.82, 2.24) is 0 Å². The molecule has 0 aliphatic heterocycles. The van der Waals surface area contributed by atoms with E-state index < -0.39 is 8.80 Å². The first kappa shape index (κ1) is 18.3. The lowest BCUT2D eigenvalue weighted by Gasteiger charge is -2.20. The molecule has 4 aromatic rings. The number of fused-ring (bicyclic) bond motifs is 2. The quantitative estimate of drug-likeness (QED) is 0.338. The minimum atomic E-state index is -0.591. The molecule has 0 N–H and O–H groups in total. The van der Waals surface area contributed by atoms with Crippen LogP contribution in [0.3, 0.4) is 0 Å². The minimum Gasteiger partial charge on any atom is -0.157 e.